The summed E-state index contributed by atoms with van der Waals surface area (Å²) in [5, 5.41) is 3.16. The molecule has 1 N–H and O–H groups in total. The lowest BCUT2D eigenvalue weighted by atomic mass is 10.2. The van der Waals surface area contributed by atoms with Crippen LogP contribution in [0.25, 0.3) is 0 Å². The second-order valence-corrected chi connectivity index (χ2v) is 8.24. The molecule has 1 heterocycles. The van der Waals surface area contributed by atoms with Gasteiger partial charge in [-0.1, -0.05) is 12.1 Å². The van der Waals surface area contributed by atoms with Gasteiger partial charge in [0.1, 0.15) is 0 Å². The van der Waals surface area contributed by atoms with E-state index in [1.165, 1.54) is 29.1 Å². The van der Waals surface area contributed by atoms with Gasteiger partial charge in [-0.2, -0.15) is 0 Å². The zero-order chi connectivity index (χ0) is 18.4. The van der Waals surface area contributed by atoms with Gasteiger partial charge >= 0.3 is 0 Å². The Balaban J connectivity index is 1.54. The summed E-state index contributed by atoms with van der Waals surface area (Å²) in [5.41, 5.74) is 3.84. The molecule has 0 aliphatic carbocycles. The largest absolute Gasteiger partial charge is 0.388 e. The van der Waals surface area contributed by atoms with Crippen molar-refractivity contribution in [1.82, 2.24) is 9.21 Å². The first-order valence-corrected chi connectivity index (χ1v) is 10.1. The number of anilines is 2. The summed E-state index contributed by atoms with van der Waals surface area (Å²) in [6, 6.07) is 17.6. The van der Waals surface area contributed by atoms with Gasteiger partial charge in [-0.3, -0.25) is 0 Å². The van der Waals surface area contributed by atoms with E-state index in [0.717, 1.165) is 31.9 Å². The predicted octanol–water partition coefficient (Wildman–Crippen LogP) is 4.01. The second kappa shape index (κ2) is 9.31. The molecule has 0 bridgehead atoms. The van der Waals surface area contributed by atoms with E-state index in [1.807, 2.05) is 7.05 Å². The lowest BCUT2D eigenvalue weighted by Crippen LogP contribution is -2.28. The molecule has 1 fully saturated rings. The number of benzene rings is 2. The number of nitrogens with one attached hydrogen (secondary N) is 1. The molecule has 0 atom stereocenters. The second-order valence-electron chi connectivity index (χ2n) is 6.96. The maximum absolute atomic E-state index is 3.16. The van der Waals surface area contributed by atoms with Crippen LogP contribution in [0.3, 0.4) is 0 Å². The lowest BCUT2D eigenvalue weighted by Gasteiger charge is -2.23. The third-order valence-corrected chi connectivity index (χ3v) is 5.75. The number of rotatable bonds is 6. The number of hydrogen-bond donors (Lipinski definition) is 1. The van der Waals surface area contributed by atoms with Gasteiger partial charge in [-0.15, -0.1) is 0 Å². The molecule has 0 unspecified atom stereocenters. The van der Waals surface area contributed by atoms with E-state index >= 15 is 0 Å². The van der Waals surface area contributed by atoms with Gasteiger partial charge < -0.3 is 15.1 Å². The Morgan fingerprint density at radius 1 is 0.962 bits per heavy atom. The van der Waals surface area contributed by atoms with Crippen LogP contribution in [0.4, 0.5) is 11.4 Å². The third kappa shape index (κ3) is 5.40. The monoisotopic (exact) mass is 370 g/mol. The zero-order valence-electron chi connectivity index (χ0n) is 16.1. The van der Waals surface area contributed by atoms with Crippen LogP contribution < -0.4 is 10.2 Å². The topological polar surface area (TPSA) is 21.8 Å². The fraction of sp³-hybridized carbons (Fsp3) is 0.429. The molecule has 0 amide bonds. The fourth-order valence-corrected chi connectivity index (χ4v) is 4.10. The Morgan fingerprint density at radius 2 is 1.69 bits per heavy atom. The van der Waals surface area contributed by atoms with Gasteiger partial charge in [0, 0.05) is 49.5 Å². The van der Waals surface area contributed by atoms with Crippen molar-refractivity contribution in [3.05, 3.63) is 54.1 Å². The Labute approximate surface area is 162 Å². The lowest BCUT2D eigenvalue weighted by molar-refractivity contribution is 0.360. The Kier molecular flexibility index (Phi) is 6.83. The molecule has 1 saturated heterocycles. The van der Waals surface area contributed by atoms with Crippen LogP contribution in [0, 0.1) is 0 Å². The molecule has 0 saturated carbocycles. The molecule has 3 rings (SSSR count). The van der Waals surface area contributed by atoms with E-state index in [0.29, 0.717) is 0 Å². The number of nitrogens with zero attached hydrogens (tertiary/aromatic N) is 3. The van der Waals surface area contributed by atoms with E-state index in [-0.39, 0.29) is 0 Å². The average molecular weight is 371 g/mol. The van der Waals surface area contributed by atoms with E-state index < -0.39 is 0 Å². The first-order valence-electron chi connectivity index (χ1n) is 9.33. The maximum atomic E-state index is 3.16. The SMILES string of the molecule is CNc1ccc(SN(C)Cc2ccc(N3CCCN(C)CC3)cc2)cc1. The average Bonchev–Trinajstić information content (AvgIpc) is 2.87. The van der Waals surface area contributed by atoms with Crippen molar-refractivity contribution in [3.63, 3.8) is 0 Å². The van der Waals surface area contributed by atoms with E-state index in [4.69, 9.17) is 0 Å². The normalized spacial score (nSPS) is 15.9. The minimum absolute atomic E-state index is 0.932. The van der Waals surface area contributed by atoms with Gasteiger partial charge in [0.2, 0.25) is 0 Å². The molecule has 0 radical (unpaired) electrons. The highest BCUT2D eigenvalue weighted by molar-refractivity contribution is 7.97. The third-order valence-electron chi connectivity index (χ3n) is 4.83. The van der Waals surface area contributed by atoms with Crippen molar-refractivity contribution in [2.75, 3.05) is 57.5 Å². The van der Waals surface area contributed by atoms with Crippen molar-refractivity contribution >= 4 is 23.3 Å². The zero-order valence-corrected chi connectivity index (χ0v) is 16.9. The fourth-order valence-electron chi connectivity index (χ4n) is 3.27. The molecule has 4 nitrogen and oxygen atoms in total. The molecule has 2 aromatic carbocycles. The molecule has 5 heteroatoms. The molecule has 140 valence electrons. The first kappa shape index (κ1) is 19.1. The van der Waals surface area contributed by atoms with Crippen LogP contribution in [0.5, 0.6) is 0 Å². The van der Waals surface area contributed by atoms with E-state index in [9.17, 15) is 0 Å². The van der Waals surface area contributed by atoms with Gasteiger partial charge in [0.05, 0.1) is 0 Å². The molecule has 26 heavy (non-hydrogen) atoms. The van der Waals surface area contributed by atoms with Crippen molar-refractivity contribution in [3.8, 4) is 0 Å². The summed E-state index contributed by atoms with van der Waals surface area (Å²) in [5.74, 6) is 0. The van der Waals surface area contributed by atoms with E-state index in [1.54, 1.807) is 11.9 Å². The molecular formula is C21H30N4S. The van der Waals surface area contributed by atoms with Crippen LogP contribution in [0.1, 0.15) is 12.0 Å². The first-order chi connectivity index (χ1) is 12.6. The highest BCUT2D eigenvalue weighted by Gasteiger charge is 2.12. The molecular weight excluding hydrogens is 340 g/mol. The van der Waals surface area contributed by atoms with Gasteiger partial charge in [-0.05, 0) is 81.0 Å². The smallest absolute Gasteiger partial charge is 0.0366 e. The van der Waals surface area contributed by atoms with Gasteiger partial charge in [-0.25, -0.2) is 4.31 Å². The minimum atomic E-state index is 0.932. The summed E-state index contributed by atoms with van der Waals surface area (Å²) >= 11 is 1.78. The summed E-state index contributed by atoms with van der Waals surface area (Å²) in [6.07, 6.45) is 1.24. The summed E-state index contributed by atoms with van der Waals surface area (Å²) in [4.78, 5) is 6.19. The Bertz CT molecular complexity index is 671. The Hall–Kier alpha value is -1.69. The summed E-state index contributed by atoms with van der Waals surface area (Å²) < 4.78 is 2.28. The predicted molar refractivity (Wildman–Crippen MR) is 114 cm³/mol. The van der Waals surface area contributed by atoms with Crippen molar-refractivity contribution in [2.45, 2.75) is 17.9 Å². The standard InChI is InChI=1S/C21H30N4S/c1-22-19-7-11-21(12-8-19)26-24(3)17-18-5-9-20(10-6-18)25-14-4-13-23(2)15-16-25/h5-12,22H,4,13-17H2,1-3H3. The minimum Gasteiger partial charge on any atom is -0.388 e. The number of likely N-dealkylation sites (N-methyl/N-ethyl adjacent to an activating group) is 1. The van der Waals surface area contributed by atoms with Crippen LogP contribution in [0.15, 0.2) is 53.4 Å². The molecule has 2 aromatic rings. The van der Waals surface area contributed by atoms with Crippen LogP contribution in [-0.2, 0) is 6.54 Å². The number of hydrogen-bond acceptors (Lipinski definition) is 5. The summed E-state index contributed by atoms with van der Waals surface area (Å²) in [6.45, 7) is 5.55. The summed E-state index contributed by atoms with van der Waals surface area (Å²) in [7, 11) is 6.31. The highest BCUT2D eigenvalue weighted by atomic mass is 32.2. The van der Waals surface area contributed by atoms with Crippen molar-refractivity contribution in [2.24, 2.45) is 0 Å². The van der Waals surface area contributed by atoms with Crippen molar-refractivity contribution < 1.29 is 0 Å². The molecule has 1 aliphatic heterocycles. The molecule has 0 spiro atoms. The quantitative estimate of drug-likeness (QED) is 0.774. The Morgan fingerprint density at radius 3 is 2.38 bits per heavy atom. The van der Waals surface area contributed by atoms with Crippen LogP contribution in [-0.4, -0.2) is 56.5 Å². The van der Waals surface area contributed by atoms with Gasteiger partial charge in [0.25, 0.3) is 0 Å². The maximum Gasteiger partial charge on any atom is 0.0366 e. The van der Waals surface area contributed by atoms with Crippen molar-refractivity contribution in [1.29, 1.82) is 0 Å². The van der Waals surface area contributed by atoms with E-state index in [2.05, 4.69) is 82.0 Å². The highest BCUT2D eigenvalue weighted by Crippen LogP contribution is 2.25. The van der Waals surface area contributed by atoms with Crippen LogP contribution >= 0.6 is 11.9 Å². The van der Waals surface area contributed by atoms with Crippen LogP contribution in [0.2, 0.25) is 0 Å². The molecule has 0 aromatic heterocycles. The van der Waals surface area contributed by atoms with Gasteiger partial charge in [0.15, 0.2) is 0 Å². The molecule has 1 aliphatic rings.